The van der Waals surface area contributed by atoms with Crippen LogP contribution >= 0.6 is 0 Å². The number of benzene rings is 2. The lowest BCUT2D eigenvalue weighted by Gasteiger charge is -2.45. The molecule has 7 heteroatoms. The fourth-order valence-corrected chi connectivity index (χ4v) is 11.6. The summed E-state index contributed by atoms with van der Waals surface area (Å²) in [7, 11) is -2.83. The number of aliphatic hydroxyl groups excluding tert-OH is 1. The highest BCUT2D eigenvalue weighted by atomic mass is 32.2. The molecule has 2 heterocycles. The molecule has 0 saturated carbocycles. The minimum absolute atomic E-state index is 0.143. The van der Waals surface area contributed by atoms with E-state index < -0.39 is 36.1 Å². The lowest BCUT2D eigenvalue weighted by molar-refractivity contribution is -0.151. The Morgan fingerprint density at radius 2 is 1.56 bits per heavy atom. The third-order valence-electron chi connectivity index (χ3n) is 6.69. The van der Waals surface area contributed by atoms with Gasteiger partial charge in [-0.2, -0.15) is 0 Å². The van der Waals surface area contributed by atoms with Crippen LogP contribution in [0.2, 0.25) is 5.04 Å². The topological polar surface area (TPSA) is 71.0 Å². The molecule has 0 aromatic heterocycles. The van der Waals surface area contributed by atoms with Gasteiger partial charge in [0.1, 0.15) is 18.0 Å². The normalized spacial score (nSPS) is 29.8. The Labute approximate surface area is 195 Å². The molecular formula is C25H34O5SSi. The molecule has 1 N–H and O–H groups in total. The molecule has 0 unspecified atom stereocenters. The maximum Gasteiger partial charge on any atom is 0.261 e. The van der Waals surface area contributed by atoms with Crippen LogP contribution < -0.4 is 10.4 Å². The first kappa shape index (κ1) is 23.9. The molecule has 2 aliphatic rings. The molecule has 0 aliphatic carbocycles. The maximum absolute atomic E-state index is 13.3. The number of fused-ring (bicyclic) bond motifs is 1. The summed E-state index contributed by atoms with van der Waals surface area (Å²) in [6, 6.07) is 20.7. The Morgan fingerprint density at radius 3 is 2.03 bits per heavy atom. The molecule has 0 bridgehead atoms. The van der Waals surface area contributed by atoms with Crippen LogP contribution in [0.1, 0.15) is 34.6 Å². The second-order valence-electron chi connectivity index (χ2n) is 10.3. The minimum atomic E-state index is -2.83. The standard InChI is InChI=1S/C25H34O5SSi/c1-23(2,3)32(19-12-8-6-9-13-19,20-14-10-7-11-15-20)28-18-25(17-26)22-21(16-31(25)27)29-24(4,5)30-22/h6-15,21-22,26H,16-18H2,1-5H3/t21-,22+,25+,31+/m0/s1. The van der Waals surface area contributed by atoms with E-state index in [1.165, 1.54) is 0 Å². The molecule has 2 aromatic rings. The van der Waals surface area contributed by atoms with Gasteiger partial charge in [0, 0.05) is 0 Å². The molecule has 2 aliphatic heterocycles. The zero-order valence-electron chi connectivity index (χ0n) is 19.5. The first-order valence-electron chi connectivity index (χ1n) is 11.2. The van der Waals surface area contributed by atoms with Crippen molar-refractivity contribution >= 4 is 29.9 Å². The van der Waals surface area contributed by atoms with Crippen LogP contribution in [0.25, 0.3) is 0 Å². The summed E-state index contributed by atoms with van der Waals surface area (Å²) < 4.78 is 31.5. The summed E-state index contributed by atoms with van der Waals surface area (Å²) in [6.45, 7) is 10.2. The van der Waals surface area contributed by atoms with Gasteiger partial charge in [-0.25, -0.2) is 0 Å². The fourth-order valence-electron chi connectivity index (χ4n) is 5.20. The van der Waals surface area contributed by atoms with Crippen LogP contribution in [0.15, 0.2) is 60.7 Å². The summed E-state index contributed by atoms with van der Waals surface area (Å²) in [6.07, 6.45) is -0.776. The number of hydrogen-bond donors (Lipinski definition) is 1. The summed E-state index contributed by atoms with van der Waals surface area (Å²) in [5.74, 6) is -0.420. The Morgan fingerprint density at radius 1 is 1.03 bits per heavy atom. The highest BCUT2D eigenvalue weighted by molar-refractivity contribution is 7.93. The van der Waals surface area contributed by atoms with E-state index in [2.05, 4.69) is 45.0 Å². The molecule has 0 spiro atoms. The average molecular weight is 475 g/mol. The van der Waals surface area contributed by atoms with E-state index in [0.717, 1.165) is 10.4 Å². The van der Waals surface area contributed by atoms with Crippen molar-refractivity contribution in [2.75, 3.05) is 19.0 Å². The van der Waals surface area contributed by atoms with Crippen LogP contribution in [0.3, 0.4) is 0 Å². The molecule has 2 fully saturated rings. The lowest BCUT2D eigenvalue weighted by Crippen LogP contribution is -2.68. The predicted molar refractivity (Wildman–Crippen MR) is 130 cm³/mol. The van der Waals surface area contributed by atoms with Crippen molar-refractivity contribution in [1.82, 2.24) is 0 Å². The number of hydrogen-bond acceptors (Lipinski definition) is 5. The van der Waals surface area contributed by atoms with Gasteiger partial charge in [-0.15, -0.1) is 0 Å². The molecule has 0 radical (unpaired) electrons. The van der Waals surface area contributed by atoms with Crippen molar-refractivity contribution in [3.05, 3.63) is 60.7 Å². The SMILES string of the molecule is CC1(C)O[C@H]2C[S@@+]([O-])[C@](CO)(CO[Si](c3ccccc3)(c3ccccc3)C(C)(C)C)[C@@H]2O1. The van der Waals surface area contributed by atoms with Gasteiger partial charge in [-0.05, 0) is 40.4 Å². The Kier molecular flexibility index (Phi) is 6.39. The van der Waals surface area contributed by atoms with Gasteiger partial charge >= 0.3 is 0 Å². The number of aliphatic hydroxyl groups is 1. The van der Waals surface area contributed by atoms with Gasteiger partial charge in [0.05, 0.1) is 13.2 Å². The van der Waals surface area contributed by atoms with Crippen molar-refractivity contribution in [3.8, 4) is 0 Å². The van der Waals surface area contributed by atoms with E-state index in [4.69, 9.17) is 13.9 Å². The van der Waals surface area contributed by atoms with Gasteiger partial charge in [-0.3, -0.25) is 0 Å². The first-order valence-corrected chi connectivity index (χ1v) is 14.4. The van der Waals surface area contributed by atoms with Crippen molar-refractivity contribution < 1.29 is 23.6 Å². The summed E-state index contributed by atoms with van der Waals surface area (Å²) in [5, 5.41) is 12.6. The monoisotopic (exact) mass is 474 g/mol. The molecule has 4 atom stereocenters. The zero-order valence-corrected chi connectivity index (χ0v) is 21.4. The van der Waals surface area contributed by atoms with Gasteiger partial charge < -0.3 is 23.6 Å². The Balaban J connectivity index is 1.78. The summed E-state index contributed by atoms with van der Waals surface area (Å²) >= 11 is -1.34. The Bertz CT molecular complexity index is 877. The van der Waals surface area contributed by atoms with E-state index in [1.807, 2.05) is 50.2 Å². The van der Waals surface area contributed by atoms with Crippen molar-refractivity contribution in [3.63, 3.8) is 0 Å². The van der Waals surface area contributed by atoms with Gasteiger partial charge in [0.15, 0.2) is 10.5 Å². The third-order valence-corrected chi connectivity index (χ3v) is 13.7. The van der Waals surface area contributed by atoms with Crippen molar-refractivity contribution in [2.24, 2.45) is 0 Å². The van der Waals surface area contributed by atoms with Crippen LogP contribution in [0.5, 0.6) is 0 Å². The van der Waals surface area contributed by atoms with Gasteiger partial charge in [0.2, 0.25) is 0 Å². The quantitative estimate of drug-likeness (QED) is 0.515. The van der Waals surface area contributed by atoms with E-state index in [1.54, 1.807) is 0 Å². The maximum atomic E-state index is 13.3. The second-order valence-corrected chi connectivity index (χ2v) is 16.4. The molecule has 2 saturated heterocycles. The highest BCUT2D eigenvalue weighted by Gasteiger charge is 2.67. The molecule has 0 amide bonds. The summed E-state index contributed by atoms with van der Waals surface area (Å²) in [4.78, 5) is 0. The Hall–Kier alpha value is -1.19. The van der Waals surface area contributed by atoms with Crippen LogP contribution in [-0.2, 0) is 25.1 Å². The highest BCUT2D eigenvalue weighted by Crippen LogP contribution is 2.46. The van der Waals surface area contributed by atoms with E-state index in [0.29, 0.717) is 5.75 Å². The van der Waals surface area contributed by atoms with E-state index in [9.17, 15) is 9.66 Å². The van der Waals surface area contributed by atoms with Crippen LogP contribution in [-0.4, -0.2) is 59.7 Å². The minimum Gasteiger partial charge on any atom is -0.616 e. The predicted octanol–water partition coefficient (Wildman–Crippen LogP) is 2.58. The van der Waals surface area contributed by atoms with Crippen molar-refractivity contribution in [2.45, 2.75) is 62.4 Å². The molecule has 32 heavy (non-hydrogen) atoms. The second kappa shape index (κ2) is 8.54. The molecule has 2 aromatic carbocycles. The number of rotatable bonds is 6. The molecule has 4 rings (SSSR count). The first-order chi connectivity index (χ1) is 15.1. The third kappa shape index (κ3) is 3.88. The molecule has 174 valence electrons. The van der Waals surface area contributed by atoms with Crippen LogP contribution in [0, 0.1) is 0 Å². The fraction of sp³-hybridized carbons (Fsp3) is 0.520. The largest absolute Gasteiger partial charge is 0.616 e. The molecular weight excluding hydrogens is 440 g/mol. The van der Waals surface area contributed by atoms with E-state index >= 15 is 0 Å². The smallest absolute Gasteiger partial charge is 0.261 e. The number of ether oxygens (including phenoxy) is 2. The van der Waals surface area contributed by atoms with Crippen molar-refractivity contribution in [1.29, 1.82) is 0 Å². The lowest BCUT2D eigenvalue weighted by atomic mass is 10.00. The molecule has 5 nitrogen and oxygen atoms in total. The zero-order chi connectivity index (χ0) is 23.2. The average Bonchev–Trinajstić information content (AvgIpc) is 3.18. The van der Waals surface area contributed by atoms with Gasteiger partial charge in [0.25, 0.3) is 8.32 Å². The van der Waals surface area contributed by atoms with Crippen LogP contribution in [0.4, 0.5) is 0 Å². The summed E-state index contributed by atoms with van der Waals surface area (Å²) in [5.41, 5.74) is 0. The van der Waals surface area contributed by atoms with E-state index in [-0.39, 0.29) is 24.4 Å². The van der Waals surface area contributed by atoms with Gasteiger partial charge in [-0.1, -0.05) is 81.4 Å².